The molecule has 1 aromatic heterocycles. The van der Waals surface area contributed by atoms with Crippen molar-refractivity contribution in [3.05, 3.63) is 30.1 Å². The molecule has 0 radical (unpaired) electrons. The summed E-state index contributed by atoms with van der Waals surface area (Å²) in [5.74, 6) is -0.429. The Hall–Kier alpha value is -2.94. The zero-order chi connectivity index (χ0) is 18.5. The Bertz CT molecular complexity index is 824. The first-order valence-electron chi connectivity index (χ1n) is 8.11. The van der Waals surface area contributed by atoms with Crippen LogP contribution in [-0.2, 0) is 14.3 Å². The molecule has 0 unspecified atom stereocenters. The first kappa shape index (κ1) is 17.9. The Kier molecular flexibility index (Phi) is 5.47. The van der Waals surface area contributed by atoms with Crippen molar-refractivity contribution in [1.29, 1.82) is 0 Å². The molecule has 0 aliphatic carbocycles. The summed E-state index contributed by atoms with van der Waals surface area (Å²) in [4.78, 5) is 29.2. The fourth-order valence-electron chi connectivity index (χ4n) is 2.62. The van der Waals surface area contributed by atoms with Crippen molar-refractivity contribution in [3.63, 3.8) is 0 Å². The van der Waals surface area contributed by atoms with Crippen LogP contribution in [0, 0.1) is 5.82 Å². The molecule has 8 nitrogen and oxygen atoms in total. The van der Waals surface area contributed by atoms with Crippen LogP contribution in [0.25, 0.3) is 10.9 Å². The minimum absolute atomic E-state index is 0.231. The molecule has 0 bridgehead atoms. The van der Waals surface area contributed by atoms with Crippen LogP contribution in [-0.4, -0.2) is 56.9 Å². The number of fused-ring (bicyclic) bond motifs is 1. The van der Waals surface area contributed by atoms with E-state index in [0.29, 0.717) is 37.5 Å². The Morgan fingerprint density at radius 3 is 2.81 bits per heavy atom. The molecule has 1 aliphatic rings. The van der Waals surface area contributed by atoms with E-state index in [1.165, 1.54) is 13.2 Å². The van der Waals surface area contributed by atoms with Crippen molar-refractivity contribution in [3.8, 4) is 0 Å². The molecule has 2 amide bonds. The van der Waals surface area contributed by atoms with Crippen molar-refractivity contribution in [2.75, 3.05) is 50.2 Å². The van der Waals surface area contributed by atoms with Gasteiger partial charge in [0.05, 0.1) is 20.3 Å². The Morgan fingerprint density at radius 1 is 1.31 bits per heavy atom. The van der Waals surface area contributed by atoms with Gasteiger partial charge in [0.2, 0.25) is 0 Å². The zero-order valence-electron chi connectivity index (χ0n) is 14.3. The van der Waals surface area contributed by atoms with Crippen LogP contribution in [0.2, 0.25) is 0 Å². The van der Waals surface area contributed by atoms with Crippen molar-refractivity contribution >= 4 is 34.4 Å². The molecule has 2 N–H and O–H groups in total. The van der Waals surface area contributed by atoms with Crippen molar-refractivity contribution in [1.82, 2.24) is 10.3 Å². The largest absolute Gasteiger partial charge is 0.468 e. The summed E-state index contributed by atoms with van der Waals surface area (Å²) in [7, 11) is 1.22. The number of pyridine rings is 1. The van der Waals surface area contributed by atoms with Gasteiger partial charge in [-0.2, -0.15) is 0 Å². The van der Waals surface area contributed by atoms with Gasteiger partial charge in [0.25, 0.3) is 0 Å². The molecule has 2 heterocycles. The molecule has 138 valence electrons. The lowest BCUT2D eigenvalue weighted by Gasteiger charge is -2.28. The summed E-state index contributed by atoms with van der Waals surface area (Å²) in [6.45, 7) is 2.38. The highest BCUT2D eigenvalue weighted by Crippen LogP contribution is 2.25. The lowest BCUT2D eigenvalue weighted by atomic mass is 10.2. The molecule has 0 atom stereocenters. The number of esters is 1. The van der Waals surface area contributed by atoms with Crippen molar-refractivity contribution in [2.45, 2.75) is 0 Å². The molecule has 1 aromatic carbocycles. The molecular formula is C17H19FN4O4. The fraction of sp³-hybridized carbons (Fsp3) is 0.353. The number of aromatic nitrogens is 1. The predicted molar refractivity (Wildman–Crippen MR) is 93.8 cm³/mol. The Labute approximate surface area is 149 Å². The minimum atomic E-state index is -0.632. The number of carbonyl (C=O) groups excluding carboxylic acids is 2. The SMILES string of the molecule is COC(=O)CNC(=O)Nc1cc(F)c2nc(N3CCOCC3)ccc2c1. The summed E-state index contributed by atoms with van der Waals surface area (Å²) in [5.41, 5.74) is 0.493. The first-order valence-corrected chi connectivity index (χ1v) is 8.11. The summed E-state index contributed by atoms with van der Waals surface area (Å²) in [5, 5.41) is 5.36. The normalized spacial score (nSPS) is 14.2. The summed E-state index contributed by atoms with van der Waals surface area (Å²) in [6.07, 6.45) is 0. The van der Waals surface area contributed by atoms with Gasteiger partial charge in [0.15, 0.2) is 5.82 Å². The second-order valence-corrected chi connectivity index (χ2v) is 5.68. The lowest BCUT2D eigenvalue weighted by molar-refractivity contribution is -0.139. The number of carbonyl (C=O) groups is 2. The van der Waals surface area contributed by atoms with E-state index >= 15 is 0 Å². The smallest absolute Gasteiger partial charge is 0.325 e. The number of anilines is 2. The fourth-order valence-corrected chi connectivity index (χ4v) is 2.62. The number of urea groups is 1. The van der Waals surface area contributed by atoms with E-state index < -0.39 is 17.8 Å². The van der Waals surface area contributed by atoms with Crippen LogP contribution >= 0.6 is 0 Å². The Balaban J connectivity index is 1.75. The lowest BCUT2D eigenvalue weighted by Crippen LogP contribution is -2.36. The number of halogens is 1. The third kappa shape index (κ3) is 4.17. The van der Waals surface area contributed by atoms with Gasteiger partial charge in [0.1, 0.15) is 17.9 Å². The average Bonchev–Trinajstić information content (AvgIpc) is 2.66. The van der Waals surface area contributed by atoms with Crippen LogP contribution in [0.15, 0.2) is 24.3 Å². The van der Waals surface area contributed by atoms with Crippen molar-refractivity contribution in [2.24, 2.45) is 0 Å². The van der Waals surface area contributed by atoms with Crippen LogP contribution in [0.1, 0.15) is 0 Å². The maximum atomic E-state index is 14.5. The molecule has 9 heteroatoms. The molecule has 0 spiro atoms. The molecule has 2 aromatic rings. The van der Waals surface area contributed by atoms with Gasteiger partial charge in [-0.05, 0) is 24.3 Å². The monoisotopic (exact) mass is 362 g/mol. The highest BCUT2D eigenvalue weighted by Gasteiger charge is 2.15. The molecule has 1 fully saturated rings. The van der Waals surface area contributed by atoms with Gasteiger partial charge >= 0.3 is 12.0 Å². The maximum Gasteiger partial charge on any atom is 0.325 e. The summed E-state index contributed by atoms with van der Waals surface area (Å²) < 4.78 is 24.2. The second kappa shape index (κ2) is 7.96. The number of methoxy groups -OCH3 is 1. The van der Waals surface area contributed by atoms with Gasteiger partial charge in [-0.3, -0.25) is 4.79 Å². The van der Waals surface area contributed by atoms with Crippen LogP contribution in [0.3, 0.4) is 0 Å². The highest BCUT2D eigenvalue weighted by molar-refractivity contribution is 5.94. The summed E-state index contributed by atoms with van der Waals surface area (Å²) in [6, 6.07) is 5.75. The number of nitrogens with zero attached hydrogens (tertiary/aromatic N) is 2. The van der Waals surface area contributed by atoms with Gasteiger partial charge in [-0.25, -0.2) is 14.2 Å². The van der Waals surface area contributed by atoms with Crippen LogP contribution in [0.5, 0.6) is 0 Å². The average molecular weight is 362 g/mol. The van der Waals surface area contributed by atoms with E-state index in [-0.39, 0.29) is 17.7 Å². The number of nitrogens with one attached hydrogen (secondary N) is 2. The van der Waals surface area contributed by atoms with E-state index in [9.17, 15) is 14.0 Å². The quantitative estimate of drug-likeness (QED) is 0.801. The number of benzene rings is 1. The Morgan fingerprint density at radius 2 is 2.08 bits per heavy atom. The predicted octanol–water partition coefficient (Wildman–Crippen LogP) is 1.50. The zero-order valence-corrected chi connectivity index (χ0v) is 14.3. The third-order valence-electron chi connectivity index (χ3n) is 3.95. The van der Waals surface area contributed by atoms with E-state index in [0.717, 1.165) is 0 Å². The van der Waals surface area contributed by atoms with Crippen LogP contribution in [0.4, 0.5) is 20.7 Å². The van der Waals surface area contributed by atoms with E-state index in [1.807, 2.05) is 11.0 Å². The maximum absolute atomic E-state index is 14.5. The number of rotatable bonds is 4. The van der Waals surface area contributed by atoms with E-state index in [4.69, 9.17) is 4.74 Å². The standard InChI is InChI=1S/C17H19FN4O4/c1-25-15(23)10-19-17(24)20-12-8-11-2-3-14(21-16(11)13(18)9-12)22-4-6-26-7-5-22/h2-3,8-9H,4-7,10H2,1H3,(H2,19,20,24). The van der Waals surface area contributed by atoms with E-state index in [1.54, 1.807) is 12.1 Å². The minimum Gasteiger partial charge on any atom is -0.468 e. The van der Waals surface area contributed by atoms with Crippen LogP contribution < -0.4 is 15.5 Å². The number of hydrogen-bond acceptors (Lipinski definition) is 6. The molecule has 1 saturated heterocycles. The number of morpholine rings is 1. The van der Waals surface area contributed by atoms with Gasteiger partial charge in [-0.1, -0.05) is 0 Å². The summed E-state index contributed by atoms with van der Waals surface area (Å²) >= 11 is 0. The highest BCUT2D eigenvalue weighted by atomic mass is 19.1. The van der Waals surface area contributed by atoms with Gasteiger partial charge in [0, 0.05) is 24.2 Å². The number of amides is 2. The molecule has 26 heavy (non-hydrogen) atoms. The molecular weight excluding hydrogens is 343 g/mol. The molecule has 3 rings (SSSR count). The first-order chi connectivity index (χ1) is 12.6. The van der Waals surface area contributed by atoms with E-state index in [2.05, 4.69) is 20.4 Å². The topological polar surface area (TPSA) is 92.8 Å². The number of ether oxygens (including phenoxy) is 2. The third-order valence-corrected chi connectivity index (χ3v) is 3.95. The molecule has 1 aliphatic heterocycles. The number of hydrogen-bond donors (Lipinski definition) is 2. The van der Waals surface area contributed by atoms with Crippen molar-refractivity contribution < 1.29 is 23.5 Å². The molecule has 0 saturated carbocycles. The second-order valence-electron chi connectivity index (χ2n) is 5.68. The van der Waals surface area contributed by atoms with Gasteiger partial charge < -0.3 is 25.0 Å². The van der Waals surface area contributed by atoms with Gasteiger partial charge in [-0.15, -0.1) is 0 Å².